The van der Waals surface area contributed by atoms with Crippen LogP contribution in [0.25, 0.3) is 0 Å². The van der Waals surface area contributed by atoms with Crippen molar-refractivity contribution in [2.45, 2.75) is 32.2 Å². The van der Waals surface area contributed by atoms with Crippen molar-refractivity contribution in [1.82, 2.24) is 21.3 Å². The van der Waals surface area contributed by atoms with Gasteiger partial charge in [-0.3, -0.25) is 24.0 Å². The molecule has 0 unspecified atom stereocenters. The predicted molar refractivity (Wildman–Crippen MR) is 130 cm³/mol. The van der Waals surface area contributed by atoms with Crippen LogP contribution in [0.15, 0.2) is 0 Å². The van der Waals surface area contributed by atoms with Gasteiger partial charge in [0.15, 0.2) is 0 Å². The zero-order valence-electron chi connectivity index (χ0n) is 21.4. The van der Waals surface area contributed by atoms with Crippen molar-refractivity contribution < 1.29 is 48.0 Å². The van der Waals surface area contributed by atoms with Gasteiger partial charge < -0.3 is 51.1 Å². The van der Waals surface area contributed by atoms with Crippen LogP contribution in [-0.4, -0.2) is 120 Å². The summed E-state index contributed by atoms with van der Waals surface area (Å²) in [5, 5.41) is 19.1. The highest BCUT2D eigenvalue weighted by molar-refractivity contribution is 5.78. The van der Waals surface area contributed by atoms with Gasteiger partial charge in [-0.25, -0.2) is 0 Å². The molecule has 37 heavy (non-hydrogen) atoms. The summed E-state index contributed by atoms with van der Waals surface area (Å²) in [5.41, 5.74) is 5.32. The number of carboxylic acid groups (broad SMARTS) is 1. The molecule has 0 fully saturated rings. The van der Waals surface area contributed by atoms with E-state index in [1.807, 2.05) is 0 Å². The molecule has 0 aromatic heterocycles. The van der Waals surface area contributed by atoms with Crippen LogP contribution in [0.5, 0.6) is 0 Å². The monoisotopic (exact) mass is 535 g/mol. The molecule has 0 aromatic carbocycles. The van der Waals surface area contributed by atoms with Gasteiger partial charge in [0.25, 0.3) is 0 Å². The van der Waals surface area contributed by atoms with E-state index in [0.717, 1.165) is 0 Å². The third-order valence-electron chi connectivity index (χ3n) is 4.44. The lowest BCUT2D eigenvalue weighted by molar-refractivity contribution is -0.138. The SMILES string of the molecule is CCC(=O)NCCNC(=O)COCCOCCNC(=O)COCCOCCNC(=O)CC[C@H](N)C(=O)O. The molecule has 0 heterocycles. The summed E-state index contributed by atoms with van der Waals surface area (Å²) >= 11 is 0. The number of hydrogen-bond acceptors (Lipinski definition) is 10. The molecule has 0 aliphatic heterocycles. The van der Waals surface area contributed by atoms with Gasteiger partial charge in [0.1, 0.15) is 19.3 Å². The van der Waals surface area contributed by atoms with Crippen molar-refractivity contribution in [2.24, 2.45) is 5.73 Å². The van der Waals surface area contributed by atoms with Crippen molar-refractivity contribution in [3.63, 3.8) is 0 Å². The molecular weight excluding hydrogens is 494 g/mol. The minimum Gasteiger partial charge on any atom is -0.480 e. The molecule has 0 saturated heterocycles. The highest BCUT2D eigenvalue weighted by Crippen LogP contribution is 1.94. The van der Waals surface area contributed by atoms with Crippen molar-refractivity contribution in [2.75, 3.05) is 79.0 Å². The molecule has 0 spiro atoms. The van der Waals surface area contributed by atoms with Gasteiger partial charge in [0, 0.05) is 39.0 Å². The van der Waals surface area contributed by atoms with Gasteiger partial charge in [-0.1, -0.05) is 6.92 Å². The van der Waals surface area contributed by atoms with E-state index in [2.05, 4.69) is 21.3 Å². The maximum atomic E-state index is 11.7. The molecule has 0 saturated carbocycles. The summed E-state index contributed by atoms with van der Waals surface area (Å²) < 4.78 is 20.9. The Labute approximate surface area is 216 Å². The highest BCUT2D eigenvalue weighted by atomic mass is 16.5. The van der Waals surface area contributed by atoms with Crippen molar-refractivity contribution in [1.29, 1.82) is 0 Å². The van der Waals surface area contributed by atoms with E-state index in [4.69, 9.17) is 29.8 Å². The van der Waals surface area contributed by atoms with Gasteiger partial charge in [0.2, 0.25) is 23.6 Å². The smallest absolute Gasteiger partial charge is 0.320 e. The number of amides is 4. The van der Waals surface area contributed by atoms with Crippen LogP contribution in [0.4, 0.5) is 0 Å². The van der Waals surface area contributed by atoms with E-state index >= 15 is 0 Å². The summed E-state index contributed by atoms with van der Waals surface area (Å²) in [5.74, 6) is -2.12. The first-order chi connectivity index (χ1) is 17.8. The van der Waals surface area contributed by atoms with E-state index in [9.17, 15) is 24.0 Å². The molecule has 214 valence electrons. The van der Waals surface area contributed by atoms with Crippen LogP contribution >= 0.6 is 0 Å². The number of carbonyl (C=O) groups excluding carboxylic acids is 4. The first-order valence-corrected chi connectivity index (χ1v) is 12.1. The van der Waals surface area contributed by atoms with E-state index in [1.54, 1.807) is 6.92 Å². The summed E-state index contributed by atoms with van der Waals surface area (Å²) in [6.45, 7) is 4.19. The molecule has 15 nitrogen and oxygen atoms in total. The molecule has 1 atom stereocenters. The average Bonchev–Trinajstić information content (AvgIpc) is 2.87. The Morgan fingerprint density at radius 3 is 1.57 bits per heavy atom. The minimum absolute atomic E-state index is 0.0202. The van der Waals surface area contributed by atoms with Crippen LogP contribution < -0.4 is 27.0 Å². The Hall–Kier alpha value is -2.85. The number of nitrogens with two attached hydrogens (primary N) is 1. The second kappa shape index (κ2) is 23.5. The number of aliphatic carboxylic acids is 1. The van der Waals surface area contributed by atoms with Gasteiger partial charge in [0.05, 0.1) is 39.6 Å². The van der Waals surface area contributed by atoms with Crippen molar-refractivity contribution in [3.05, 3.63) is 0 Å². The summed E-state index contributed by atoms with van der Waals surface area (Å²) in [6.07, 6.45) is 0.475. The molecular formula is C22H41N5O10. The topological polar surface area (TPSA) is 217 Å². The number of carboxylic acids is 1. The minimum atomic E-state index is -1.15. The quantitative estimate of drug-likeness (QED) is 0.0690. The third-order valence-corrected chi connectivity index (χ3v) is 4.44. The van der Waals surface area contributed by atoms with Gasteiger partial charge in [-0.15, -0.1) is 0 Å². The van der Waals surface area contributed by atoms with E-state index in [1.165, 1.54) is 0 Å². The fraction of sp³-hybridized carbons (Fsp3) is 0.773. The standard InChI is InChI=1S/C22H41N5O10/c1-2-18(28)24-5-6-25-20(30)15-36-13-12-35-10-8-27-21(31)16-37-14-11-34-9-7-26-19(29)4-3-17(23)22(32)33/h17H,2-16,23H2,1H3,(H,24,28)(H,25,30)(H,26,29)(H,27,31)(H,32,33)/t17-/m0/s1. The zero-order chi connectivity index (χ0) is 27.7. The van der Waals surface area contributed by atoms with E-state index in [-0.39, 0.29) is 95.9 Å². The van der Waals surface area contributed by atoms with Crippen molar-refractivity contribution >= 4 is 29.6 Å². The number of nitrogens with one attached hydrogen (secondary N) is 4. The molecule has 0 bridgehead atoms. The largest absolute Gasteiger partial charge is 0.480 e. The van der Waals surface area contributed by atoms with E-state index in [0.29, 0.717) is 26.1 Å². The lowest BCUT2D eigenvalue weighted by Gasteiger charge is -2.09. The van der Waals surface area contributed by atoms with Crippen LogP contribution in [0.2, 0.25) is 0 Å². The number of ether oxygens (including phenoxy) is 4. The Morgan fingerprint density at radius 2 is 1.08 bits per heavy atom. The maximum absolute atomic E-state index is 11.7. The molecule has 0 aliphatic rings. The second-order valence-corrected chi connectivity index (χ2v) is 7.57. The predicted octanol–water partition coefficient (Wildman–Crippen LogP) is -2.88. The lowest BCUT2D eigenvalue weighted by Crippen LogP contribution is -2.36. The van der Waals surface area contributed by atoms with Gasteiger partial charge in [-0.2, -0.15) is 0 Å². The Kier molecular flexibility index (Phi) is 21.7. The van der Waals surface area contributed by atoms with Gasteiger partial charge in [-0.05, 0) is 6.42 Å². The van der Waals surface area contributed by atoms with Crippen LogP contribution in [0, 0.1) is 0 Å². The van der Waals surface area contributed by atoms with E-state index < -0.39 is 12.0 Å². The van der Waals surface area contributed by atoms with Crippen LogP contribution in [0.3, 0.4) is 0 Å². The third kappa shape index (κ3) is 23.3. The molecule has 7 N–H and O–H groups in total. The summed E-state index contributed by atoms with van der Waals surface area (Å²) in [6, 6.07) is -1.06. The zero-order valence-corrected chi connectivity index (χ0v) is 21.4. The van der Waals surface area contributed by atoms with Crippen molar-refractivity contribution in [3.8, 4) is 0 Å². The molecule has 15 heteroatoms. The number of hydrogen-bond donors (Lipinski definition) is 6. The number of carbonyl (C=O) groups is 5. The van der Waals surface area contributed by atoms with Crippen LogP contribution in [0.1, 0.15) is 26.2 Å². The molecule has 0 rings (SSSR count). The Bertz CT molecular complexity index is 680. The Morgan fingerprint density at radius 1 is 0.649 bits per heavy atom. The fourth-order valence-electron chi connectivity index (χ4n) is 2.42. The fourth-order valence-corrected chi connectivity index (χ4v) is 2.42. The lowest BCUT2D eigenvalue weighted by atomic mass is 10.1. The highest BCUT2D eigenvalue weighted by Gasteiger charge is 2.13. The normalized spacial score (nSPS) is 11.4. The summed E-state index contributed by atoms with van der Waals surface area (Å²) in [7, 11) is 0. The maximum Gasteiger partial charge on any atom is 0.320 e. The Balaban J connectivity index is 3.40. The van der Waals surface area contributed by atoms with Gasteiger partial charge >= 0.3 is 5.97 Å². The van der Waals surface area contributed by atoms with Crippen LogP contribution in [-0.2, 0) is 42.9 Å². The summed E-state index contributed by atoms with van der Waals surface area (Å²) in [4.78, 5) is 56.3. The first kappa shape index (κ1) is 34.1. The molecule has 4 amide bonds. The molecule has 0 aromatic rings. The molecule has 0 radical (unpaired) electrons. The number of rotatable bonds is 24. The first-order valence-electron chi connectivity index (χ1n) is 12.1. The molecule has 0 aliphatic carbocycles. The second-order valence-electron chi connectivity index (χ2n) is 7.57. The average molecular weight is 536 g/mol.